The molecule has 0 bridgehead atoms. The van der Waals surface area contributed by atoms with Gasteiger partial charge in [0.15, 0.2) is 9.84 Å². The van der Waals surface area contributed by atoms with E-state index in [2.05, 4.69) is 4.90 Å². The zero-order chi connectivity index (χ0) is 20.7. The molecule has 0 unspecified atom stereocenters. The minimum atomic E-state index is -3.41. The molecule has 2 aliphatic heterocycles. The molecule has 1 aromatic carbocycles. The molecule has 0 aromatic heterocycles. The highest BCUT2D eigenvalue weighted by Gasteiger charge is 2.27. The van der Waals surface area contributed by atoms with Gasteiger partial charge in [-0.25, -0.2) is 8.42 Å². The Kier molecular flexibility index (Phi) is 7.66. The van der Waals surface area contributed by atoms with Gasteiger partial charge in [-0.2, -0.15) is 0 Å². The molecule has 1 aromatic rings. The summed E-state index contributed by atoms with van der Waals surface area (Å²) in [6.07, 6.45) is 3.37. The van der Waals surface area contributed by atoms with E-state index in [0.29, 0.717) is 45.6 Å². The highest BCUT2D eigenvalue weighted by molar-refractivity contribution is 7.92. The predicted molar refractivity (Wildman–Crippen MR) is 112 cm³/mol. The lowest BCUT2D eigenvalue weighted by molar-refractivity contribution is -0.133. The molecule has 0 radical (unpaired) electrons. The van der Waals surface area contributed by atoms with Crippen molar-refractivity contribution in [3.05, 3.63) is 35.9 Å². The topological polar surface area (TPSA) is 78.0 Å². The van der Waals surface area contributed by atoms with Gasteiger partial charge in [-0.05, 0) is 31.2 Å². The first kappa shape index (κ1) is 21.8. The lowest BCUT2D eigenvalue weighted by Gasteiger charge is -2.35. The molecule has 8 heteroatoms. The molecule has 2 heterocycles. The van der Waals surface area contributed by atoms with Crippen molar-refractivity contribution in [2.45, 2.75) is 25.7 Å². The summed E-state index contributed by atoms with van der Waals surface area (Å²) in [7, 11) is -3.41. The van der Waals surface area contributed by atoms with Crippen molar-refractivity contribution in [2.24, 2.45) is 0 Å². The van der Waals surface area contributed by atoms with E-state index in [-0.39, 0.29) is 17.6 Å². The van der Waals surface area contributed by atoms with Gasteiger partial charge in [-0.1, -0.05) is 30.3 Å². The molecule has 0 atom stereocenters. The second kappa shape index (κ2) is 10.2. The van der Waals surface area contributed by atoms with Crippen molar-refractivity contribution in [1.82, 2.24) is 14.7 Å². The van der Waals surface area contributed by atoms with Crippen molar-refractivity contribution in [3.8, 4) is 0 Å². The molecular formula is C21H31N3O4S. The van der Waals surface area contributed by atoms with Crippen LogP contribution in [0.2, 0.25) is 0 Å². The molecule has 7 nitrogen and oxygen atoms in total. The molecule has 2 fully saturated rings. The maximum Gasteiger partial charge on any atom is 0.237 e. The van der Waals surface area contributed by atoms with Crippen LogP contribution >= 0.6 is 0 Å². The minimum absolute atomic E-state index is 0.0257. The van der Waals surface area contributed by atoms with Crippen LogP contribution in [-0.4, -0.2) is 92.3 Å². The Morgan fingerprint density at radius 1 is 0.828 bits per heavy atom. The Balaban J connectivity index is 1.37. The van der Waals surface area contributed by atoms with E-state index in [0.717, 1.165) is 31.5 Å². The average Bonchev–Trinajstić information content (AvgIpc) is 3.24. The predicted octanol–water partition coefficient (Wildman–Crippen LogP) is 0.801. The third-order valence-electron chi connectivity index (χ3n) is 5.65. The second-order valence-corrected chi connectivity index (χ2v) is 10.1. The van der Waals surface area contributed by atoms with Crippen LogP contribution in [-0.2, 0) is 25.8 Å². The number of rotatable bonds is 8. The second-order valence-electron chi connectivity index (χ2n) is 7.93. The Labute approximate surface area is 173 Å². The van der Waals surface area contributed by atoms with Gasteiger partial charge < -0.3 is 9.80 Å². The van der Waals surface area contributed by atoms with Crippen LogP contribution < -0.4 is 0 Å². The highest BCUT2D eigenvalue weighted by Crippen LogP contribution is 2.10. The van der Waals surface area contributed by atoms with Gasteiger partial charge in [0.05, 0.1) is 12.3 Å². The lowest BCUT2D eigenvalue weighted by atomic mass is 10.1. The summed E-state index contributed by atoms with van der Waals surface area (Å²) in [5.41, 5.74) is 1.11. The number of hydrogen-bond donors (Lipinski definition) is 0. The summed E-state index contributed by atoms with van der Waals surface area (Å²) in [5, 5.41) is 0. The Morgan fingerprint density at radius 2 is 1.45 bits per heavy atom. The highest BCUT2D eigenvalue weighted by atomic mass is 32.2. The van der Waals surface area contributed by atoms with Gasteiger partial charge in [0, 0.05) is 39.3 Å². The molecule has 29 heavy (non-hydrogen) atoms. The van der Waals surface area contributed by atoms with E-state index in [1.54, 1.807) is 4.90 Å². The molecular weight excluding hydrogens is 390 g/mol. The van der Waals surface area contributed by atoms with E-state index in [9.17, 15) is 18.0 Å². The van der Waals surface area contributed by atoms with Gasteiger partial charge in [0.25, 0.3) is 0 Å². The number of benzene rings is 1. The lowest BCUT2D eigenvalue weighted by Crippen LogP contribution is -2.52. The van der Waals surface area contributed by atoms with Crippen molar-refractivity contribution in [2.75, 3.05) is 57.3 Å². The first-order valence-corrected chi connectivity index (χ1v) is 12.3. The van der Waals surface area contributed by atoms with Crippen molar-refractivity contribution in [1.29, 1.82) is 0 Å². The number of amides is 2. The van der Waals surface area contributed by atoms with Crippen LogP contribution in [0.5, 0.6) is 0 Å². The zero-order valence-electron chi connectivity index (χ0n) is 17.0. The fraction of sp³-hybridized carbons (Fsp3) is 0.619. The largest absolute Gasteiger partial charge is 0.342 e. The minimum Gasteiger partial charge on any atom is -0.342 e. The number of likely N-dealkylation sites (tertiary alicyclic amines) is 1. The number of nitrogens with zero attached hydrogens (tertiary/aromatic N) is 3. The summed E-state index contributed by atoms with van der Waals surface area (Å²) in [5.74, 6) is -0.564. The van der Waals surface area contributed by atoms with Crippen molar-refractivity contribution >= 4 is 21.7 Å². The number of piperazine rings is 1. The van der Waals surface area contributed by atoms with E-state index in [4.69, 9.17) is 0 Å². The van der Waals surface area contributed by atoms with Crippen molar-refractivity contribution < 1.29 is 18.0 Å². The molecule has 2 amide bonds. The number of carbonyl (C=O) groups excluding carboxylic acids is 2. The van der Waals surface area contributed by atoms with Crippen LogP contribution in [0.4, 0.5) is 0 Å². The summed E-state index contributed by atoms with van der Waals surface area (Å²) in [4.78, 5) is 30.3. The fourth-order valence-corrected chi connectivity index (χ4v) is 5.19. The SMILES string of the molecule is O=C(CN1CCN(C(=O)CS(=O)(=O)CCCc2ccccc2)CC1)N1CCCC1. The monoisotopic (exact) mass is 421 g/mol. The van der Waals surface area contributed by atoms with Gasteiger partial charge >= 0.3 is 0 Å². The van der Waals surface area contributed by atoms with Gasteiger partial charge in [0.1, 0.15) is 5.75 Å². The van der Waals surface area contributed by atoms with Gasteiger partial charge in [-0.3, -0.25) is 14.5 Å². The quantitative estimate of drug-likeness (QED) is 0.621. The molecule has 2 aliphatic rings. The van der Waals surface area contributed by atoms with E-state index in [1.807, 2.05) is 35.2 Å². The number of carbonyl (C=O) groups is 2. The fourth-order valence-electron chi connectivity index (χ4n) is 3.91. The standard InChI is InChI=1S/C21H31N3O4S/c25-20(23-10-4-5-11-23)17-22-12-14-24(15-13-22)21(26)18-29(27,28)16-6-9-19-7-2-1-3-8-19/h1-3,7-8H,4-6,9-18H2. The summed E-state index contributed by atoms with van der Waals surface area (Å²) in [6, 6.07) is 9.76. The molecule has 0 saturated carbocycles. The first-order valence-electron chi connectivity index (χ1n) is 10.5. The number of hydrogen-bond acceptors (Lipinski definition) is 5. The number of sulfone groups is 1. The van der Waals surface area contributed by atoms with Gasteiger partial charge in [0.2, 0.25) is 11.8 Å². The summed E-state index contributed by atoms with van der Waals surface area (Å²) >= 11 is 0. The molecule has 0 N–H and O–H groups in total. The van der Waals surface area contributed by atoms with E-state index >= 15 is 0 Å². The van der Waals surface area contributed by atoms with Crippen LogP contribution in [0.1, 0.15) is 24.8 Å². The molecule has 0 spiro atoms. The smallest absolute Gasteiger partial charge is 0.237 e. The Morgan fingerprint density at radius 3 is 2.10 bits per heavy atom. The Bertz CT molecular complexity index is 783. The van der Waals surface area contributed by atoms with Crippen molar-refractivity contribution in [3.63, 3.8) is 0 Å². The third kappa shape index (κ3) is 6.82. The molecule has 0 aliphatic carbocycles. The maximum atomic E-state index is 12.4. The average molecular weight is 422 g/mol. The van der Waals surface area contributed by atoms with Crippen LogP contribution in [0.3, 0.4) is 0 Å². The third-order valence-corrected chi connectivity index (χ3v) is 7.25. The first-order chi connectivity index (χ1) is 13.9. The van der Waals surface area contributed by atoms with Gasteiger partial charge in [-0.15, -0.1) is 0 Å². The van der Waals surface area contributed by atoms with Crippen LogP contribution in [0.15, 0.2) is 30.3 Å². The number of aryl methyl sites for hydroxylation is 1. The van der Waals surface area contributed by atoms with Crippen LogP contribution in [0, 0.1) is 0 Å². The molecule has 160 valence electrons. The maximum absolute atomic E-state index is 12.4. The van der Waals surface area contributed by atoms with E-state index < -0.39 is 15.6 Å². The normalized spacial score (nSPS) is 18.2. The molecule has 2 saturated heterocycles. The van der Waals surface area contributed by atoms with E-state index in [1.165, 1.54) is 0 Å². The summed E-state index contributed by atoms with van der Waals surface area (Å²) in [6.45, 7) is 4.26. The molecule has 3 rings (SSSR count). The zero-order valence-corrected chi connectivity index (χ0v) is 17.8. The summed E-state index contributed by atoms with van der Waals surface area (Å²) < 4.78 is 24.6. The Hall–Kier alpha value is -1.93. The van der Waals surface area contributed by atoms with Crippen LogP contribution in [0.25, 0.3) is 0 Å².